The summed E-state index contributed by atoms with van der Waals surface area (Å²) in [6.07, 6.45) is -4.04. The van der Waals surface area contributed by atoms with Gasteiger partial charge >= 0.3 is 6.18 Å². The van der Waals surface area contributed by atoms with Gasteiger partial charge in [0, 0.05) is 35.0 Å². The van der Waals surface area contributed by atoms with Crippen LogP contribution in [-0.4, -0.2) is 37.8 Å². The molecule has 29 heavy (non-hydrogen) atoms. The van der Waals surface area contributed by atoms with Gasteiger partial charge in [0.15, 0.2) is 0 Å². The van der Waals surface area contributed by atoms with Gasteiger partial charge in [0.2, 0.25) is 5.91 Å². The van der Waals surface area contributed by atoms with Gasteiger partial charge in [-0.3, -0.25) is 4.79 Å². The number of carbonyl (C=O) groups is 1. The average molecular weight is 421 g/mol. The van der Waals surface area contributed by atoms with Gasteiger partial charge in [-0.05, 0) is 38.0 Å². The van der Waals surface area contributed by atoms with Crippen LogP contribution in [0.25, 0.3) is 5.78 Å². The summed E-state index contributed by atoms with van der Waals surface area (Å²) < 4.78 is 39.9. The quantitative estimate of drug-likeness (QED) is 0.643. The van der Waals surface area contributed by atoms with Gasteiger partial charge in [0.25, 0.3) is 11.6 Å². The van der Waals surface area contributed by atoms with Crippen LogP contribution < -0.4 is 4.90 Å². The van der Waals surface area contributed by atoms with Crippen molar-refractivity contribution in [3.63, 3.8) is 0 Å². The first-order valence-electron chi connectivity index (χ1n) is 9.08. The Kier molecular flexibility index (Phi) is 4.97. The molecule has 0 fully saturated rings. The smallest absolute Gasteiger partial charge is 0.310 e. The summed E-state index contributed by atoms with van der Waals surface area (Å²) in [5, 5.41) is 3.55. The fourth-order valence-electron chi connectivity index (χ4n) is 3.49. The molecule has 3 heterocycles. The molecule has 1 aliphatic heterocycles. The van der Waals surface area contributed by atoms with Crippen molar-refractivity contribution in [3.8, 4) is 0 Å². The second kappa shape index (κ2) is 7.33. The molecule has 0 spiro atoms. The number of nitrogens with zero attached hydrogens (tertiary/aromatic N) is 5. The van der Waals surface area contributed by atoms with E-state index in [1.165, 1.54) is 0 Å². The normalized spacial score (nSPS) is 14.3. The van der Waals surface area contributed by atoms with E-state index in [0.717, 1.165) is 20.9 Å². The van der Waals surface area contributed by atoms with Crippen LogP contribution in [0.2, 0.25) is 0 Å². The van der Waals surface area contributed by atoms with Crippen LogP contribution in [0.4, 0.5) is 18.9 Å². The summed E-state index contributed by atoms with van der Waals surface area (Å²) in [5.74, 6) is -0.508. The van der Waals surface area contributed by atoms with E-state index >= 15 is 0 Å². The second-order valence-corrected chi connectivity index (χ2v) is 7.90. The number of aryl methyl sites for hydroxylation is 2. The minimum atomic E-state index is -4.64. The number of carbonyl (C=O) groups excluding carboxylic acids is 1. The van der Waals surface area contributed by atoms with Crippen LogP contribution in [0.1, 0.15) is 29.2 Å². The molecule has 152 valence electrons. The predicted octanol–water partition coefficient (Wildman–Crippen LogP) is 3.83. The Morgan fingerprint density at radius 3 is 2.72 bits per heavy atom. The summed E-state index contributed by atoms with van der Waals surface area (Å²) in [6.45, 7) is 4.01. The minimum Gasteiger partial charge on any atom is -0.310 e. The maximum Gasteiger partial charge on any atom is 0.453 e. The van der Waals surface area contributed by atoms with Crippen molar-refractivity contribution < 1.29 is 18.0 Å². The first-order valence-corrected chi connectivity index (χ1v) is 10.1. The lowest BCUT2D eigenvalue weighted by molar-refractivity contribution is -0.144. The summed E-state index contributed by atoms with van der Waals surface area (Å²) in [6, 6.07) is 7.77. The Labute approximate surface area is 169 Å². The number of amides is 1. The van der Waals surface area contributed by atoms with Crippen LogP contribution in [-0.2, 0) is 17.4 Å². The molecule has 0 bridgehead atoms. The summed E-state index contributed by atoms with van der Waals surface area (Å²) in [7, 11) is 0. The third-order valence-corrected chi connectivity index (χ3v) is 5.96. The van der Waals surface area contributed by atoms with Crippen LogP contribution >= 0.6 is 11.8 Å². The van der Waals surface area contributed by atoms with Gasteiger partial charge < -0.3 is 4.90 Å². The van der Waals surface area contributed by atoms with Crippen molar-refractivity contribution in [1.29, 1.82) is 0 Å². The lowest BCUT2D eigenvalue weighted by atomic mass is 10.1. The maximum absolute atomic E-state index is 12.9. The molecule has 0 atom stereocenters. The van der Waals surface area contributed by atoms with Gasteiger partial charge in [-0.1, -0.05) is 12.1 Å². The van der Waals surface area contributed by atoms with E-state index in [9.17, 15) is 18.0 Å². The number of halogens is 3. The summed E-state index contributed by atoms with van der Waals surface area (Å²) in [5.41, 5.74) is 2.68. The topological polar surface area (TPSA) is 63.4 Å². The van der Waals surface area contributed by atoms with E-state index in [1.54, 1.807) is 30.5 Å². The number of benzene rings is 1. The summed E-state index contributed by atoms with van der Waals surface area (Å²) >= 11 is 1.72. The number of para-hydroxylation sites is 1. The maximum atomic E-state index is 12.9. The number of rotatable bonds is 3. The molecule has 0 radical (unpaired) electrons. The van der Waals surface area contributed by atoms with E-state index < -0.39 is 12.0 Å². The van der Waals surface area contributed by atoms with Crippen LogP contribution in [0.15, 0.2) is 29.2 Å². The van der Waals surface area contributed by atoms with Crippen molar-refractivity contribution in [2.75, 3.05) is 17.2 Å². The van der Waals surface area contributed by atoms with E-state index in [0.29, 0.717) is 29.9 Å². The molecule has 1 aliphatic rings. The van der Waals surface area contributed by atoms with Crippen LogP contribution in [0, 0.1) is 13.8 Å². The van der Waals surface area contributed by atoms with Gasteiger partial charge in [-0.2, -0.15) is 18.2 Å². The van der Waals surface area contributed by atoms with Gasteiger partial charge in [0.05, 0.1) is 5.69 Å². The molecule has 4 rings (SSSR count). The number of alkyl halides is 3. The number of anilines is 1. The zero-order chi connectivity index (χ0) is 20.8. The zero-order valence-electron chi connectivity index (χ0n) is 15.8. The number of aromatic nitrogens is 4. The fraction of sp³-hybridized carbons (Fsp3) is 0.368. The Morgan fingerprint density at radius 1 is 1.21 bits per heavy atom. The molecule has 0 N–H and O–H groups in total. The van der Waals surface area contributed by atoms with Crippen molar-refractivity contribution in [1.82, 2.24) is 19.6 Å². The predicted molar refractivity (Wildman–Crippen MR) is 103 cm³/mol. The molecule has 0 saturated heterocycles. The van der Waals surface area contributed by atoms with E-state index in [4.69, 9.17) is 0 Å². The van der Waals surface area contributed by atoms with E-state index in [2.05, 4.69) is 15.1 Å². The number of hydrogen-bond acceptors (Lipinski definition) is 5. The van der Waals surface area contributed by atoms with Crippen molar-refractivity contribution in [2.45, 2.75) is 37.8 Å². The number of thioether (sulfide) groups is 1. The Hall–Kier alpha value is -2.62. The number of hydrogen-bond donors (Lipinski definition) is 0. The minimum absolute atomic E-state index is 0.0220. The molecule has 10 heteroatoms. The highest BCUT2D eigenvalue weighted by Gasteiger charge is 2.37. The molecule has 1 amide bonds. The molecule has 6 nitrogen and oxygen atoms in total. The highest BCUT2D eigenvalue weighted by Crippen LogP contribution is 2.34. The Morgan fingerprint density at radius 2 is 1.97 bits per heavy atom. The van der Waals surface area contributed by atoms with E-state index in [-0.39, 0.29) is 18.1 Å². The third-order valence-electron chi connectivity index (χ3n) is 4.92. The lowest BCUT2D eigenvalue weighted by Gasteiger charge is -2.29. The third kappa shape index (κ3) is 3.68. The first-order chi connectivity index (χ1) is 13.8. The zero-order valence-corrected chi connectivity index (χ0v) is 16.6. The highest BCUT2D eigenvalue weighted by atomic mass is 32.2. The molecule has 1 aromatic carbocycles. The van der Waals surface area contributed by atoms with Crippen LogP contribution in [0.5, 0.6) is 0 Å². The molecular formula is C19H18F3N5OS. The van der Waals surface area contributed by atoms with Gasteiger partial charge in [-0.15, -0.1) is 16.9 Å². The monoisotopic (exact) mass is 421 g/mol. The van der Waals surface area contributed by atoms with Gasteiger partial charge in [0.1, 0.15) is 0 Å². The van der Waals surface area contributed by atoms with Crippen molar-refractivity contribution in [3.05, 3.63) is 47.0 Å². The molecular weight excluding hydrogens is 403 g/mol. The summed E-state index contributed by atoms with van der Waals surface area (Å²) in [4.78, 5) is 23.4. The largest absolute Gasteiger partial charge is 0.453 e. The van der Waals surface area contributed by atoms with Crippen molar-refractivity contribution in [2.24, 2.45) is 0 Å². The molecule has 0 aliphatic carbocycles. The molecule has 0 unspecified atom stereocenters. The Balaban J connectivity index is 1.58. The first kappa shape index (κ1) is 19.7. The number of fused-ring (bicyclic) bond motifs is 2. The lowest BCUT2D eigenvalue weighted by Crippen LogP contribution is -2.35. The molecule has 3 aromatic rings. The standard InChI is InChI=1S/C19H18F3N5OS/c1-11-13(12(2)27-18(23-11)24-17(25-27)19(20,21)22)7-8-16(28)26-9-10-29-15-6-4-3-5-14(15)26/h3-6H,7-10H2,1-2H3. The SMILES string of the molecule is Cc1nc2nc(C(F)(F)F)nn2c(C)c1CCC(=O)N1CCSc2ccccc21. The van der Waals surface area contributed by atoms with Crippen molar-refractivity contribution >= 4 is 29.1 Å². The van der Waals surface area contributed by atoms with E-state index in [1.807, 2.05) is 24.3 Å². The fourth-order valence-corrected chi connectivity index (χ4v) is 4.48. The van der Waals surface area contributed by atoms with Gasteiger partial charge in [-0.25, -0.2) is 9.50 Å². The van der Waals surface area contributed by atoms with Crippen LogP contribution in [0.3, 0.4) is 0 Å². The molecule has 2 aromatic heterocycles. The highest BCUT2D eigenvalue weighted by molar-refractivity contribution is 7.99. The average Bonchev–Trinajstić information content (AvgIpc) is 3.12. The molecule has 0 saturated carbocycles. The second-order valence-electron chi connectivity index (χ2n) is 6.77. The Bertz CT molecular complexity index is 1100.